The lowest BCUT2D eigenvalue weighted by Gasteiger charge is -2.27. The fraction of sp³-hybridized carbons (Fsp3) is 0.355. The van der Waals surface area contributed by atoms with Crippen LogP contribution in [-0.2, 0) is 0 Å². The Kier molecular flexibility index (Phi) is 8.50. The zero-order valence-electron chi connectivity index (χ0n) is 20.8. The number of ether oxygens (including phenoxy) is 1. The average molecular weight is 497 g/mol. The minimum absolute atomic E-state index is 0.0380. The lowest BCUT2D eigenvalue weighted by molar-refractivity contribution is 0.286. The summed E-state index contributed by atoms with van der Waals surface area (Å²) >= 11 is 0. The number of hydrogen-bond acceptors (Lipinski definition) is 1. The van der Waals surface area contributed by atoms with Crippen LogP contribution in [0, 0.1) is 36.1 Å². The van der Waals surface area contributed by atoms with Gasteiger partial charge < -0.3 is 4.74 Å². The molecule has 1 saturated carbocycles. The van der Waals surface area contributed by atoms with Crippen LogP contribution in [0.1, 0.15) is 68.1 Å². The van der Waals surface area contributed by atoms with Crippen LogP contribution in [0.25, 0.3) is 17.2 Å². The van der Waals surface area contributed by atoms with Crippen LogP contribution in [0.3, 0.4) is 0 Å². The van der Waals surface area contributed by atoms with Gasteiger partial charge in [-0.2, -0.15) is 4.39 Å². The first-order valence-electron chi connectivity index (χ1n) is 12.7. The van der Waals surface area contributed by atoms with Gasteiger partial charge in [-0.25, -0.2) is 13.2 Å². The molecule has 0 aromatic heterocycles. The second-order valence-electron chi connectivity index (χ2n) is 9.65. The fourth-order valence-electron chi connectivity index (χ4n) is 4.81. The highest BCUT2D eigenvalue weighted by Gasteiger charge is 2.26. The summed E-state index contributed by atoms with van der Waals surface area (Å²) in [5.74, 6) is -3.40. The van der Waals surface area contributed by atoms with Gasteiger partial charge in [-0.15, -0.1) is 0 Å². The predicted octanol–water partition coefficient (Wildman–Crippen LogP) is 9.38. The summed E-state index contributed by atoms with van der Waals surface area (Å²) < 4.78 is 64.1. The minimum atomic E-state index is -0.919. The molecule has 0 saturated heterocycles. The molecule has 36 heavy (non-hydrogen) atoms. The van der Waals surface area contributed by atoms with Gasteiger partial charge in [0.05, 0.1) is 6.61 Å². The van der Waals surface area contributed by atoms with Crippen molar-refractivity contribution in [3.8, 4) is 16.9 Å². The highest BCUT2D eigenvalue weighted by atomic mass is 19.2. The van der Waals surface area contributed by atoms with Crippen LogP contribution in [0.2, 0.25) is 0 Å². The third-order valence-electron chi connectivity index (χ3n) is 7.07. The van der Waals surface area contributed by atoms with Crippen molar-refractivity contribution >= 4 is 6.08 Å². The van der Waals surface area contributed by atoms with Crippen molar-refractivity contribution in [1.29, 1.82) is 0 Å². The molecule has 0 N–H and O–H groups in total. The first kappa shape index (κ1) is 26.0. The van der Waals surface area contributed by atoms with Crippen LogP contribution in [-0.4, -0.2) is 6.61 Å². The zero-order chi connectivity index (χ0) is 25.7. The predicted molar refractivity (Wildman–Crippen MR) is 137 cm³/mol. The van der Waals surface area contributed by atoms with Crippen LogP contribution in [0.15, 0.2) is 54.6 Å². The molecule has 1 aliphatic carbocycles. The van der Waals surface area contributed by atoms with Gasteiger partial charge in [-0.1, -0.05) is 73.5 Å². The van der Waals surface area contributed by atoms with Gasteiger partial charge in [0.25, 0.3) is 0 Å². The number of allylic oxidation sites excluding steroid dienone is 1. The van der Waals surface area contributed by atoms with Gasteiger partial charge in [0.1, 0.15) is 0 Å². The van der Waals surface area contributed by atoms with E-state index >= 15 is 0 Å². The van der Waals surface area contributed by atoms with E-state index < -0.39 is 23.3 Å². The smallest absolute Gasteiger partial charge is 0.200 e. The van der Waals surface area contributed by atoms with E-state index in [0.717, 1.165) is 31.2 Å². The molecule has 3 aromatic carbocycles. The fourth-order valence-corrected chi connectivity index (χ4v) is 4.81. The molecule has 0 unspecified atom stereocenters. The Morgan fingerprint density at radius 3 is 2.22 bits per heavy atom. The Hall–Kier alpha value is -3.08. The minimum Gasteiger partial charge on any atom is -0.490 e. The Labute approximate surface area is 210 Å². The first-order valence-corrected chi connectivity index (χ1v) is 12.7. The van der Waals surface area contributed by atoms with E-state index in [-0.39, 0.29) is 28.7 Å². The molecule has 1 aliphatic rings. The van der Waals surface area contributed by atoms with Crippen LogP contribution < -0.4 is 4.74 Å². The highest BCUT2D eigenvalue weighted by molar-refractivity contribution is 5.67. The number of rotatable bonds is 8. The molecular weight excluding hydrogens is 464 g/mol. The lowest BCUT2D eigenvalue weighted by Crippen LogP contribution is -2.14. The summed E-state index contributed by atoms with van der Waals surface area (Å²) in [6, 6.07) is 13.7. The molecule has 0 bridgehead atoms. The van der Waals surface area contributed by atoms with Crippen molar-refractivity contribution < 1.29 is 22.3 Å². The van der Waals surface area contributed by atoms with Crippen molar-refractivity contribution in [1.82, 2.24) is 0 Å². The molecule has 0 amide bonds. The maximum absolute atomic E-state index is 14.8. The van der Waals surface area contributed by atoms with Crippen molar-refractivity contribution in [2.24, 2.45) is 5.92 Å². The van der Waals surface area contributed by atoms with Gasteiger partial charge in [0.2, 0.25) is 5.82 Å². The molecule has 190 valence electrons. The molecular formula is C31H32F4O. The molecule has 0 spiro atoms. The summed E-state index contributed by atoms with van der Waals surface area (Å²) in [6.45, 7) is 4.31. The third kappa shape index (κ3) is 5.83. The Bertz CT molecular complexity index is 1210. The van der Waals surface area contributed by atoms with Crippen LogP contribution >= 0.6 is 0 Å². The highest BCUT2D eigenvalue weighted by Crippen LogP contribution is 2.39. The van der Waals surface area contributed by atoms with Gasteiger partial charge in [-0.05, 0) is 68.1 Å². The van der Waals surface area contributed by atoms with Crippen molar-refractivity contribution in [3.63, 3.8) is 0 Å². The van der Waals surface area contributed by atoms with Crippen molar-refractivity contribution in [2.45, 2.75) is 58.3 Å². The van der Waals surface area contributed by atoms with Crippen molar-refractivity contribution in [2.75, 3.05) is 6.61 Å². The molecule has 1 fully saturated rings. The monoisotopic (exact) mass is 496 g/mol. The molecule has 0 aliphatic heterocycles. The number of unbranched alkanes of at least 4 members (excludes halogenated alkanes) is 1. The van der Waals surface area contributed by atoms with Crippen LogP contribution in [0.5, 0.6) is 5.75 Å². The van der Waals surface area contributed by atoms with Gasteiger partial charge in [0, 0.05) is 11.1 Å². The third-order valence-corrected chi connectivity index (χ3v) is 7.07. The second-order valence-corrected chi connectivity index (χ2v) is 9.65. The summed E-state index contributed by atoms with van der Waals surface area (Å²) in [7, 11) is 0. The Morgan fingerprint density at radius 2 is 1.53 bits per heavy atom. The largest absolute Gasteiger partial charge is 0.490 e. The summed E-state index contributed by atoms with van der Waals surface area (Å²) in [5.41, 5.74) is 2.52. The van der Waals surface area contributed by atoms with E-state index in [1.54, 1.807) is 36.4 Å². The van der Waals surface area contributed by atoms with E-state index in [2.05, 4.69) is 0 Å². The second kappa shape index (κ2) is 11.8. The maximum atomic E-state index is 14.8. The maximum Gasteiger partial charge on any atom is 0.200 e. The number of halogens is 4. The first-order chi connectivity index (χ1) is 17.4. The summed E-state index contributed by atoms with van der Waals surface area (Å²) in [5, 5.41) is 0. The molecule has 0 radical (unpaired) electrons. The molecule has 5 heteroatoms. The normalized spacial score (nSPS) is 18.1. The van der Waals surface area contributed by atoms with Crippen molar-refractivity contribution in [3.05, 3.63) is 94.6 Å². The van der Waals surface area contributed by atoms with Gasteiger partial charge in [0.15, 0.2) is 23.2 Å². The van der Waals surface area contributed by atoms with Gasteiger partial charge >= 0.3 is 0 Å². The van der Waals surface area contributed by atoms with E-state index in [1.165, 1.54) is 6.07 Å². The summed E-state index contributed by atoms with van der Waals surface area (Å²) in [4.78, 5) is 0. The SMILES string of the molecule is CCCCOc1ccc(C2CCC(/C=C/c3ccc(-c4ccc(C)cc4)c(F)c3F)CC2)c(F)c1F. The van der Waals surface area contributed by atoms with Gasteiger partial charge in [-0.3, -0.25) is 0 Å². The Morgan fingerprint density at radius 1 is 0.806 bits per heavy atom. The molecule has 0 atom stereocenters. The summed E-state index contributed by atoms with van der Waals surface area (Å²) in [6.07, 6.45) is 8.17. The number of aryl methyl sites for hydroxylation is 1. The average Bonchev–Trinajstić information content (AvgIpc) is 2.89. The number of benzene rings is 3. The number of hydrogen-bond donors (Lipinski definition) is 0. The zero-order valence-corrected chi connectivity index (χ0v) is 20.8. The lowest BCUT2D eigenvalue weighted by atomic mass is 9.78. The Balaban J connectivity index is 1.39. The quantitative estimate of drug-likeness (QED) is 0.223. The topological polar surface area (TPSA) is 9.23 Å². The molecule has 0 heterocycles. The van der Waals surface area contributed by atoms with E-state index in [9.17, 15) is 17.6 Å². The van der Waals surface area contributed by atoms with Crippen LogP contribution in [0.4, 0.5) is 17.6 Å². The molecule has 1 nitrogen and oxygen atoms in total. The van der Waals surface area contributed by atoms with E-state index in [4.69, 9.17) is 4.74 Å². The standard InChI is InChI=1S/C31H32F4O/c1-3-4-19-36-27-18-17-26(30(34)31(27)35)23-12-7-21(8-13-23)9-14-24-15-16-25(29(33)28(24)32)22-10-5-20(2)6-11-22/h5-6,9-11,14-18,21,23H,3-4,7-8,12-13,19H2,1-2H3/b14-9+. The molecule has 4 rings (SSSR count). The van der Waals surface area contributed by atoms with E-state index in [0.29, 0.717) is 30.6 Å². The molecule has 3 aromatic rings. The van der Waals surface area contributed by atoms with E-state index in [1.807, 2.05) is 32.1 Å².